The molecule has 0 aliphatic carbocycles. The molecule has 0 fully saturated rings. The predicted molar refractivity (Wildman–Crippen MR) is 143 cm³/mol. The number of carbonyl (C=O) groups is 3. The van der Waals surface area contributed by atoms with E-state index in [2.05, 4.69) is 10.3 Å². The first kappa shape index (κ1) is 25.4. The molecule has 182 valence electrons. The van der Waals surface area contributed by atoms with Crippen LogP contribution in [-0.4, -0.2) is 30.9 Å². The molecule has 0 radical (unpaired) electrons. The van der Waals surface area contributed by atoms with Crippen LogP contribution >= 0.6 is 34.2 Å². The summed E-state index contributed by atoms with van der Waals surface area (Å²) in [5.41, 5.74) is 2.10. The van der Waals surface area contributed by atoms with Crippen LogP contribution in [0.25, 0.3) is 6.08 Å². The molecule has 3 aromatic carbocycles. The smallest absolute Gasteiger partial charge is 0.363 e. The standard InChI is InChI=1S/C26H18ClIN2O6/c1-14(31)29-17-9-7-16(8-10-17)24-30-21(26(33)36-24)12-15-11-20(28)23(22(13-15)34-2)35-25(32)18-5-3-4-6-19(18)27/h3-13H,1-2H3,(H,29,31)/b21-12-. The van der Waals surface area contributed by atoms with Gasteiger partial charge in [-0.25, -0.2) is 14.6 Å². The molecule has 10 heteroatoms. The molecule has 0 unspecified atom stereocenters. The summed E-state index contributed by atoms with van der Waals surface area (Å²) in [5.74, 6) is -0.763. The number of esters is 2. The first-order valence-electron chi connectivity index (χ1n) is 10.5. The van der Waals surface area contributed by atoms with Crippen LogP contribution in [0.2, 0.25) is 5.02 Å². The molecule has 8 nitrogen and oxygen atoms in total. The van der Waals surface area contributed by atoms with Gasteiger partial charge in [0, 0.05) is 18.2 Å². The Hall–Kier alpha value is -3.70. The van der Waals surface area contributed by atoms with E-state index in [9.17, 15) is 14.4 Å². The van der Waals surface area contributed by atoms with E-state index in [0.717, 1.165) is 0 Å². The second-order valence-corrected chi connectivity index (χ2v) is 9.07. The van der Waals surface area contributed by atoms with E-state index in [1.807, 2.05) is 22.6 Å². The van der Waals surface area contributed by atoms with Crippen molar-refractivity contribution in [3.63, 3.8) is 0 Å². The summed E-state index contributed by atoms with van der Waals surface area (Å²) < 4.78 is 16.9. The van der Waals surface area contributed by atoms with Crippen LogP contribution in [0.3, 0.4) is 0 Å². The second-order valence-electron chi connectivity index (χ2n) is 7.50. The Morgan fingerprint density at radius 2 is 1.83 bits per heavy atom. The highest BCUT2D eigenvalue weighted by atomic mass is 127. The normalized spacial score (nSPS) is 13.7. The van der Waals surface area contributed by atoms with Crippen molar-refractivity contribution in [3.8, 4) is 11.5 Å². The van der Waals surface area contributed by atoms with Gasteiger partial charge < -0.3 is 19.5 Å². The number of carbonyl (C=O) groups excluding carboxylic acids is 3. The lowest BCUT2D eigenvalue weighted by molar-refractivity contribution is -0.129. The molecule has 1 amide bonds. The Kier molecular flexibility index (Phi) is 7.70. The molecular weight excluding hydrogens is 599 g/mol. The van der Waals surface area contributed by atoms with Crippen molar-refractivity contribution in [3.05, 3.63) is 91.6 Å². The third-order valence-corrected chi connectivity index (χ3v) is 6.05. The summed E-state index contributed by atoms with van der Waals surface area (Å²) in [6.45, 7) is 1.42. The van der Waals surface area contributed by atoms with Crippen LogP contribution in [0.1, 0.15) is 28.4 Å². The number of ether oxygens (including phenoxy) is 3. The molecule has 1 heterocycles. The summed E-state index contributed by atoms with van der Waals surface area (Å²) in [7, 11) is 1.44. The molecule has 1 N–H and O–H groups in total. The third-order valence-electron chi connectivity index (χ3n) is 4.92. The van der Waals surface area contributed by atoms with E-state index < -0.39 is 11.9 Å². The van der Waals surface area contributed by atoms with E-state index in [0.29, 0.717) is 26.1 Å². The van der Waals surface area contributed by atoms with Crippen molar-refractivity contribution in [1.82, 2.24) is 0 Å². The average molecular weight is 617 g/mol. The van der Waals surface area contributed by atoms with Crippen molar-refractivity contribution >= 4 is 69.7 Å². The van der Waals surface area contributed by atoms with Gasteiger partial charge in [0.05, 0.1) is 21.3 Å². The quantitative estimate of drug-likeness (QED) is 0.170. The number of aliphatic imine (C=N–C) groups is 1. The van der Waals surface area contributed by atoms with Crippen LogP contribution in [0.4, 0.5) is 5.69 Å². The fourth-order valence-electron chi connectivity index (χ4n) is 3.29. The average Bonchev–Trinajstić information content (AvgIpc) is 3.20. The van der Waals surface area contributed by atoms with Gasteiger partial charge in [0.25, 0.3) is 0 Å². The number of hydrogen-bond acceptors (Lipinski definition) is 7. The van der Waals surface area contributed by atoms with E-state index in [1.165, 1.54) is 14.0 Å². The van der Waals surface area contributed by atoms with Gasteiger partial charge in [-0.3, -0.25) is 4.79 Å². The van der Waals surface area contributed by atoms with E-state index in [4.69, 9.17) is 25.8 Å². The molecule has 3 aromatic rings. The van der Waals surface area contributed by atoms with Gasteiger partial charge in [-0.1, -0.05) is 23.7 Å². The number of halogens is 2. The highest BCUT2D eigenvalue weighted by Crippen LogP contribution is 2.36. The van der Waals surface area contributed by atoms with Gasteiger partial charge in [0.1, 0.15) is 0 Å². The summed E-state index contributed by atoms with van der Waals surface area (Å²) in [4.78, 5) is 40.6. The van der Waals surface area contributed by atoms with Gasteiger partial charge in [-0.2, -0.15) is 0 Å². The minimum absolute atomic E-state index is 0.0922. The van der Waals surface area contributed by atoms with Gasteiger partial charge in [0.15, 0.2) is 17.2 Å². The molecule has 0 bridgehead atoms. The second kappa shape index (κ2) is 10.9. The number of nitrogens with zero attached hydrogens (tertiary/aromatic N) is 1. The lowest BCUT2D eigenvalue weighted by Gasteiger charge is -2.13. The maximum Gasteiger partial charge on any atom is 0.363 e. The molecule has 36 heavy (non-hydrogen) atoms. The van der Waals surface area contributed by atoms with Crippen LogP contribution < -0.4 is 14.8 Å². The topological polar surface area (TPSA) is 103 Å². The van der Waals surface area contributed by atoms with Crippen molar-refractivity contribution in [2.24, 2.45) is 4.99 Å². The minimum Gasteiger partial charge on any atom is -0.493 e. The van der Waals surface area contributed by atoms with Crippen molar-refractivity contribution < 1.29 is 28.6 Å². The summed E-state index contributed by atoms with van der Waals surface area (Å²) in [6, 6.07) is 16.7. The molecular formula is C26H18ClIN2O6. The molecule has 0 saturated carbocycles. The number of methoxy groups -OCH3 is 1. The lowest BCUT2D eigenvalue weighted by Crippen LogP contribution is -2.11. The van der Waals surface area contributed by atoms with Crippen LogP contribution in [0.15, 0.2) is 71.4 Å². The number of benzene rings is 3. The van der Waals surface area contributed by atoms with Crippen molar-refractivity contribution in [1.29, 1.82) is 0 Å². The van der Waals surface area contributed by atoms with Crippen LogP contribution in [-0.2, 0) is 14.3 Å². The first-order chi connectivity index (χ1) is 17.2. The number of hydrogen-bond donors (Lipinski definition) is 1. The van der Waals surface area contributed by atoms with E-state index >= 15 is 0 Å². The van der Waals surface area contributed by atoms with Gasteiger partial charge >= 0.3 is 11.9 Å². The summed E-state index contributed by atoms with van der Waals surface area (Å²) in [6.07, 6.45) is 1.55. The minimum atomic E-state index is -0.624. The Balaban J connectivity index is 1.59. The first-order valence-corrected chi connectivity index (χ1v) is 12.0. The van der Waals surface area contributed by atoms with Crippen molar-refractivity contribution in [2.45, 2.75) is 6.92 Å². The molecule has 0 saturated heterocycles. The van der Waals surface area contributed by atoms with E-state index in [1.54, 1.807) is 66.7 Å². The molecule has 1 aliphatic rings. The largest absolute Gasteiger partial charge is 0.493 e. The SMILES string of the molecule is COc1cc(/C=C2\N=C(c3ccc(NC(C)=O)cc3)OC2=O)cc(I)c1OC(=O)c1ccccc1Cl. The predicted octanol–water partition coefficient (Wildman–Crippen LogP) is 5.48. The molecule has 0 spiro atoms. The summed E-state index contributed by atoms with van der Waals surface area (Å²) in [5, 5.41) is 2.94. The highest BCUT2D eigenvalue weighted by molar-refractivity contribution is 14.1. The van der Waals surface area contributed by atoms with Crippen LogP contribution in [0, 0.1) is 3.57 Å². The molecule has 0 atom stereocenters. The highest BCUT2D eigenvalue weighted by Gasteiger charge is 2.25. The third kappa shape index (κ3) is 5.74. The fraction of sp³-hybridized carbons (Fsp3) is 0.0769. The molecule has 4 rings (SSSR count). The number of amides is 1. The molecule has 0 aromatic heterocycles. The Morgan fingerprint density at radius 1 is 1.11 bits per heavy atom. The zero-order valence-corrected chi connectivity index (χ0v) is 21.9. The Labute approximate surface area is 225 Å². The zero-order valence-electron chi connectivity index (χ0n) is 19.0. The maximum atomic E-state index is 12.6. The Morgan fingerprint density at radius 3 is 2.50 bits per heavy atom. The number of anilines is 1. The molecule has 1 aliphatic heterocycles. The van der Waals surface area contributed by atoms with E-state index in [-0.39, 0.29) is 33.8 Å². The van der Waals surface area contributed by atoms with Gasteiger partial charge in [-0.15, -0.1) is 0 Å². The zero-order chi connectivity index (χ0) is 25.8. The monoisotopic (exact) mass is 616 g/mol. The van der Waals surface area contributed by atoms with Crippen LogP contribution in [0.5, 0.6) is 11.5 Å². The number of nitrogens with one attached hydrogen (secondary N) is 1. The van der Waals surface area contributed by atoms with Gasteiger partial charge in [0.2, 0.25) is 11.8 Å². The number of rotatable bonds is 6. The van der Waals surface area contributed by atoms with Gasteiger partial charge in [-0.05, 0) is 82.8 Å². The van der Waals surface area contributed by atoms with Crippen molar-refractivity contribution in [2.75, 3.05) is 12.4 Å². The lowest BCUT2D eigenvalue weighted by atomic mass is 10.1. The fourth-order valence-corrected chi connectivity index (χ4v) is 4.23. The number of cyclic esters (lactones) is 1. The Bertz CT molecular complexity index is 1430. The maximum absolute atomic E-state index is 12.6. The summed E-state index contributed by atoms with van der Waals surface area (Å²) >= 11 is 8.11.